The fraction of sp³-hybridized carbons (Fsp3) is 0.522. The zero-order valence-electron chi connectivity index (χ0n) is 50.6. The van der Waals surface area contributed by atoms with Gasteiger partial charge in [0, 0.05) is 156 Å². The van der Waals surface area contributed by atoms with Gasteiger partial charge in [0.25, 0.3) is 0 Å². The smallest absolute Gasteiger partial charge is 0.126 e. The number of piperazine rings is 3. The lowest BCUT2D eigenvalue weighted by Gasteiger charge is -2.35. The topological polar surface area (TPSA) is 85.8 Å². The molecule has 0 atom stereocenters. The van der Waals surface area contributed by atoms with Gasteiger partial charge in [-0.15, -0.1) is 0 Å². The molecule has 3 aromatic heterocycles. The van der Waals surface area contributed by atoms with Gasteiger partial charge in [-0.1, -0.05) is 117 Å². The SMILES string of the molecule is CC(C)(C)c1cc2c(OCCN3CCN(Cc4ccccn4)CC3)c(c1)Cc1cc(C(C)(C)C)cc(c1OCCN1CCN(Cc3ccccn3)CC1)Cc1cc(C(C)(C)C)cc(c1OCCN1CCN(Cc3ccccn3)CC1)C2. The van der Waals surface area contributed by atoms with Crippen LogP contribution in [0.1, 0.15) is 129 Å². The lowest BCUT2D eigenvalue weighted by atomic mass is 9.79. The molecule has 3 saturated heterocycles. The van der Waals surface area contributed by atoms with Crippen LogP contribution in [-0.2, 0) is 55.1 Å². The lowest BCUT2D eigenvalue weighted by Crippen LogP contribution is -2.47. The zero-order valence-corrected chi connectivity index (χ0v) is 50.6. The lowest BCUT2D eigenvalue weighted by molar-refractivity contribution is 0.111. The molecule has 0 saturated carbocycles. The average molecular weight is 1100 g/mol. The molecule has 10 rings (SSSR count). The van der Waals surface area contributed by atoms with Crippen LogP contribution in [-0.4, -0.2) is 162 Å². The van der Waals surface area contributed by atoms with Crippen molar-refractivity contribution in [3.05, 3.63) is 177 Å². The Morgan fingerprint density at radius 3 is 0.778 bits per heavy atom. The standard InChI is InChI=1S/C69H93N9O3/c1-67(2,3)58-43-52-40-54-45-59(68(4,5)6)47-56(65(54)80-38-35-74-24-30-77(31-25-74)50-62-17-11-14-20-71-62)42-57-48-60(69(7,8)9)46-55(66(57)81-39-36-75-26-32-78(33-27-75)51-63-18-12-15-21-72-63)41-53(44-58)64(52)79-37-34-73-22-28-76(29-23-73)49-61-16-10-13-19-70-61/h10-21,43-48H,22-42,49-51H2,1-9H3. The van der Waals surface area contributed by atoms with Gasteiger partial charge in [-0.2, -0.15) is 0 Å². The van der Waals surface area contributed by atoms with E-state index in [1.165, 1.54) is 50.1 Å². The van der Waals surface area contributed by atoms with E-state index in [9.17, 15) is 0 Å². The fourth-order valence-corrected chi connectivity index (χ4v) is 12.0. The molecule has 6 aromatic rings. The minimum atomic E-state index is -0.104. The summed E-state index contributed by atoms with van der Waals surface area (Å²) in [5.74, 6) is 3.02. The number of benzene rings is 3. The molecule has 3 aliphatic heterocycles. The quantitative estimate of drug-likeness (QED) is 0.0820. The minimum Gasteiger partial charge on any atom is -0.492 e. The maximum absolute atomic E-state index is 7.36. The van der Waals surface area contributed by atoms with E-state index in [2.05, 4.69) is 179 Å². The molecule has 432 valence electrons. The van der Waals surface area contributed by atoms with E-state index in [0.717, 1.165) is 152 Å². The van der Waals surface area contributed by atoms with Crippen LogP contribution in [0.3, 0.4) is 0 Å². The third-order valence-corrected chi connectivity index (χ3v) is 17.2. The number of hydrogen-bond donors (Lipinski definition) is 0. The third-order valence-electron chi connectivity index (χ3n) is 17.2. The van der Waals surface area contributed by atoms with Crippen molar-refractivity contribution in [1.29, 1.82) is 0 Å². The maximum atomic E-state index is 7.36. The number of rotatable bonds is 18. The van der Waals surface area contributed by atoms with Crippen molar-refractivity contribution in [3.8, 4) is 17.2 Å². The normalized spacial score (nSPS) is 17.6. The highest BCUT2D eigenvalue weighted by Gasteiger charge is 2.30. The van der Waals surface area contributed by atoms with Crippen molar-refractivity contribution in [3.63, 3.8) is 0 Å². The van der Waals surface area contributed by atoms with Crippen LogP contribution in [0.5, 0.6) is 17.2 Å². The van der Waals surface area contributed by atoms with E-state index >= 15 is 0 Å². The van der Waals surface area contributed by atoms with Crippen molar-refractivity contribution in [2.75, 3.05) is 118 Å². The highest BCUT2D eigenvalue weighted by atomic mass is 16.5. The average Bonchev–Trinajstić information content (AvgIpc) is 3.64. The molecule has 81 heavy (non-hydrogen) atoms. The van der Waals surface area contributed by atoms with Crippen LogP contribution in [0, 0.1) is 0 Å². The summed E-state index contributed by atoms with van der Waals surface area (Å²) >= 11 is 0. The van der Waals surface area contributed by atoms with Gasteiger partial charge in [0.1, 0.15) is 37.1 Å². The monoisotopic (exact) mass is 1100 g/mol. The Bertz CT molecular complexity index is 2570. The first-order valence-corrected chi connectivity index (χ1v) is 30.4. The highest BCUT2D eigenvalue weighted by Crippen LogP contribution is 2.43. The molecular weight excluding hydrogens is 1000 g/mol. The Hall–Kier alpha value is -5.73. The van der Waals surface area contributed by atoms with Crippen LogP contribution in [0.2, 0.25) is 0 Å². The Morgan fingerprint density at radius 2 is 0.568 bits per heavy atom. The first-order valence-electron chi connectivity index (χ1n) is 30.4. The first-order chi connectivity index (χ1) is 39.0. The van der Waals surface area contributed by atoms with Crippen molar-refractivity contribution < 1.29 is 14.2 Å². The van der Waals surface area contributed by atoms with E-state index in [1.54, 1.807) is 0 Å². The maximum Gasteiger partial charge on any atom is 0.126 e. The van der Waals surface area contributed by atoms with Gasteiger partial charge in [0.15, 0.2) is 0 Å². The van der Waals surface area contributed by atoms with E-state index < -0.39 is 0 Å². The second kappa shape index (κ2) is 26.2. The Balaban J connectivity index is 0.988. The first kappa shape index (κ1) is 58.5. The number of hydrogen-bond acceptors (Lipinski definition) is 12. The molecule has 3 aromatic carbocycles. The van der Waals surface area contributed by atoms with Crippen LogP contribution < -0.4 is 14.2 Å². The Kier molecular flexibility index (Phi) is 18.9. The second-order valence-electron chi connectivity index (χ2n) is 26.5. The number of fused-ring (bicyclic) bond motifs is 6. The molecular formula is C69H93N9O3. The molecule has 0 spiro atoms. The van der Waals surface area contributed by atoms with Crippen molar-refractivity contribution in [2.24, 2.45) is 0 Å². The summed E-state index contributed by atoms with van der Waals surface area (Å²) in [6.07, 6.45) is 7.82. The number of pyridine rings is 3. The largest absolute Gasteiger partial charge is 0.492 e. The highest BCUT2D eigenvalue weighted by molar-refractivity contribution is 5.59. The van der Waals surface area contributed by atoms with Gasteiger partial charge in [-0.25, -0.2) is 0 Å². The predicted octanol–water partition coefficient (Wildman–Crippen LogP) is 10.4. The van der Waals surface area contributed by atoms with Gasteiger partial charge >= 0.3 is 0 Å². The summed E-state index contributed by atoms with van der Waals surface area (Å²) < 4.78 is 22.1. The number of aromatic nitrogens is 3. The van der Waals surface area contributed by atoms with E-state index in [4.69, 9.17) is 14.2 Å². The molecule has 4 aliphatic rings. The molecule has 12 heteroatoms. The van der Waals surface area contributed by atoms with Gasteiger partial charge in [-0.05, 0) is 103 Å². The molecule has 0 amide bonds. The Labute approximate surface area is 485 Å². The van der Waals surface area contributed by atoms with Gasteiger partial charge in [-0.3, -0.25) is 44.4 Å². The Morgan fingerprint density at radius 1 is 0.333 bits per heavy atom. The summed E-state index contributed by atoms with van der Waals surface area (Å²) in [6.45, 7) is 40.4. The molecule has 3 fully saturated rings. The van der Waals surface area contributed by atoms with Crippen molar-refractivity contribution >= 4 is 0 Å². The fourth-order valence-electron chi connectivity index (χ4n) is 12.0. The van der Waals surface area contributed by atoms with Crippen molar-refractivity contribution in [1.82, 2.24) is 44.4 Å². The molecule has 0 radical (unpaired) electrons. The summed E-state index contributed by atoms with van der Waals surface area (Å²) in [4.78, 5) is 29.2. The number of ether oxygens (including phenoxy) is 3. The van der Waals surface area contributed by atoms with E-state index in [1.807, 2.05) is 36.8 Å². The zero-order chi connectivity index (χ0) is 56.6. The summed E-state index contributed by atoms with van der Waals surface area (Å²) in [5, 5.41) is 0. The molecule has 0 N–H and O–H groups in total. The summed E-state index contributed by atoms with van der Waals surface area (Å²) in [6, 6.07) is 33.4. The molecule has 1 aliphatic carbocycles. The van der Waals surface area contributed by atoms with Crippen LogP contribution in [0.25, 0.3) is 0 Å². The summed E-state index contributed by atoms with van der Waals surface area (Å²) in [5.41, 5.74) is 14.4. The van der Waals surface area contributed by atoms with Crippen LogP contribution >= 0.6 is 0 Å². The van der Waals surface area contributed by atoms with E-state index in [0.29, 0.717) is 39.1 Å². The third kappa shape index (κ3) is 15.9. The van der Waals surface area contributed by atoms with Gasteiger partial charge in [0.2, 0.25) is 0 Å². The van der Waals surface area contributed by atoms with Gasteiger partial charge in [0.05, 0.1) is 17.1 Å². The van der Waals surface area contributed by atoms with E-state index in [-0.39, 0.29) is 16.2 Å². The number of nitrogens with zero attached hydrogens (tertiary/aromatic N) is 9. The molecule has 0 unspecified atom stereocenters. The van der Waals surface area contributed by atoms with Crippen LogP contribution in [0.4, 0.5) is 0 Å². The van der Waals surface area contributed by atoms with Crippen LogP contribution in [0.15, 0.2) is 110 Å². The van der Waals surface area contributed by atoms with Gasteiger partial charge < -0.3 is 14.2 Å². The molecule has 6 heterocycles. The predicted molar refractivity (Wildman–Crippen MR) is 328 cm³/mol. The molecule has 12 nitrogen and oxygen atoms in total. The van der Waals surface area contributed by atoms with Crippen molar-refractivity contribution in [2.45, 2.75) is 117 Å². The minimum absolute atomic E-state index is 0.104. The second-order valence-corrected chi connectivity index (χ2v) is 26.5. The molecule has 6 bridgehead atoms. The summed E-state index contributed by atoms with van der Waals surface area (Å²) in [7, 11) is 0.